The third-order valence-electron chi connectivity index (χ3n) is 6.65. The third-order valence-corrected chi connectivity index (χ3v) is 6.65. The molecular weight excluding hydrogens is 364 g/mol. The molecule has 3 heterocycles. The van der Waals surface area contributed by atoms with Crippen molar-refractivity contribution < 1.29 is 14.3 Å². The van der Waals surface area contributed by atoms with Crippen LogP contribution in [-0.4, -0.2) is 43.0 Å². The normalized spacial score (nSPS) is 25.5. The van der Waals surface area contributed by atoms with Crippen LogP contribution in [-0.2, 0) is 27.3 Å². The number of benzene rings is 2. The van der Waals surface area contributed by atoms with Gasteiger partial charge in [0.25, 0.3) is 0 Å². The first-order valence-corrected chi connectivity index (χ1v) is 10.5. The van der Waals surface area contributed by atoms with Crippen molar-refractivity contribution in [2.75, 3.05) is 31.1 Å². The summed E-state index contributed by atoms with van der Waals surface area (Å²) in [6.45, 7) is 4.58. The van der Waals surface area contributed by atoms with Gasteiger partial charge in [-0.1, -0.05) is 48.5 Å². The van der Waals surface area contributed by atoms with Gasteiger partial charge in [-0.15, -0.1) is 0 Å². The zero-order valence-electron chi connectivity index (χ0n) is 16.8. The first-order chi connectivity index (χ1) is 14.1. The van der Waals surface area contributed by atoms with Gasteiger partial charge in [0, 0.05) is 32.1 Å². The molecule has 3 aliphatic rings. The van der Waals surface area contributed by atoms with Gasteiger partial charge < -0.3 is 9.64 Å². The number of hydrogen-bond donors (Lipinski definition) is 0. The summed E-state index contributed by atoms with van der Waals surface area (Å²) in [5, 5.41) is 0. The number of amides is 1. The highest BCUT2D eigenvalue weighted by Crippen LogP contribution is 2.54. The smallest absolute Gasteiger partial charge is 0.323 e. The number of esters is 1. The van der Waals surface area contributed by atoms with E-state index in [0.29, 0.717) is 19.6 Å². The minimum atomic E-state index is -1.15. The fraction of sp³-hybridized carbons (Fsp3) is 0.417. The van der Waals surface area contributed by atoms with Crippen molar-refractivity contribution in [3.05, 3.63) is 65.2 Å². The number of fused-ring (bicyclic) bond motifs is 2. The lowest BCUT2D eigenvalue weighted by atomic mass is 9.68. The lowest BCUT2D eigenvalue weighted by Crippen LogP contribution is -2.57. The molecule has 0 unspecified atom stereocenters. The predicted molar refractivity (Wildman–Crippen MR) is 111 cm³/mol. The molecule has 0 radical (unpaired) electrons. The Balaban J connectivity index is 1.60. The minimum Gasteiger partial charge on any atom is -0.465 e. The summed E-state index contributed by atoms with van der Waals surface area (Å²) in [5.74, 6) is -0.606. The fourth-order valence-electron chi connectivity index (χ4n) is 5.44. The Morgan fingerprint density at radius 2 is 2.00 bits per heavy atom. The highest BCUT2D eigenvalue weighted by atomic mass is 16.5. The Bertz CT molecular complexity index is 958. The van der Waals surface area contributed by atoms with Crippen molar-refractivity contribution in [3.8, 4) is 0 Å². The number of carbonyl (C=O) groups excluding carboxylic acids is 2. The van der Waals surface area contributed by atoms with Crippen LogP contribution in [0.3, 0.4) is 0 Å². The quantitative estimate of drug-likeness (QED) is 0.595. The second kappa shape index (κ2) is 6.99. The SMILES string of the molecule is CCOC(=O)[C@@]12CN(Cc3ccccc3)C[C@@H]1c1cccc3c1N(CCC3)C2=O. The van der Waals surface area contributed by atoms with E-state index in [0.717, 1.165) is 30.6 Å². The van der Waals surface area contributed by atoms with Gasteiger partial charge in [0.15, 0.2) is 5.41 Å². The van der Waals surface area contributed by atoms with Crippen LogP contribution in [0.5, 0.6) is 0 Å². The zero-order valence-corrected chi connectivity index (χ0v) is 16.8. The molecule has 0 saturated carbocycles. The largest absolute Gasteiger partial charge is 0.465 e. The number of rotatable bonds is 4. The average molecular weight is 390 g/mol. The molecule has 0 N–H and O–H groups in total. The molecule has 0 aliphatic carbocycles. The van der Waals surface area contributed by atoms with E-state index in [1.54, 1.807) is 6.92 Å². The van der Waals surface area contributed by atoms with E-state index in [1.807, 2.05) is 23.1 Å². The molecule has 5 heteroatoms. The number of anilines is 1. The lowest BCUT2D eigenvalue weighted by molar-refractivity contribution is -0.160. The van der Waals surface area contributed by atoms with E-state index >= 15 is 0 Å². The van der Waals surface area contributed by atoms with Gasteiger partial charge in [-0.25, -0.2) is 0 Å². The molecule has 5 nitrogen and oxygen atoms in total. The molecule has 2 aromatic rings. The Kier molecular flexibility index (Phi) is 4.43. The van der Waals surface area contributed by atoms with Crippen LogP contribution < -0.4 is 4.90 Å². The molecule has 0 bridgehead atoms. The number of likely N-dealkylation sites (tertiary alicyclic amines) is 1. The van der Waals surface area contributed by atoms with Crippen LogP contribution >= 0.6 is 0 Å². The van der Waals surface area contributed by atoms with Gasteiger partial charge in [0.05, 0.1) is 12.3 Å². The predicted octanol–water partition coefficient (Wildman–Crippen LogP) is 3.13. The van der Waals surface area contributed by atoms with E-state index < -0.39 is 5.41 Å². The molecule has 1 amide bonds. The van der Waals surface area contributed by atoms with Gasteiger partial charge >= 0.3 is 5.97 Å². The average Bonchev–Trinajstić information content (AvgIpc) is 3.13. The standard InChI is InChI=1S/C24H26N2O3/c1-2-29-23(28)24-16-25(14-17-8-4-3-5-9-17)15-20(24)19-12-6-10-18-11-7-13-26(21(18)19)22(24)27/h3-6,8-10,12,20H,2,7,11,13-16H2,1H3/t20-,24+/m1/s1. The number of carbonyl (C=O) groups is 2. The van der Waals surface area contributed by atoms with Crippen molar-refractivity contribution >= 4 is 17.6 Å². The van der Waals surface area contributed by atoms with Crippen LogP contribution in [0.4, 0.5) is 5.69 Å². The second-order valence-corrected chi connectivity index (χ2v) is 8.31. The van der Waals surface area contributed by atoms with E-state index in [-0.39, 0.29) is 24.4 Å². The third kappa shape index (κ3) is 2.71. The first-order valence-electron chi connectivity index (χ1n) is 10.5. The van der Waals surface area contributed by atoms with Crippen LogP contribution in [0.1, 0.15) is 36.0 Å². The molecule has 2 atom stereocenters. The molecule has 1 saturated heterocycles. The minimum absolute atomic E-state index is 0.0730. The van der Waals surface area contributed by atoms with Gasteiger partial charge in [0.1, 0.15) is 0 Å². The lowest BCUT2D eigenvalue weighted by Gasteiger charge is -2.45. The molecule has 0 aromatic heterocycles. The summed E-state index contributed by atoms with van der Waals surface area (Å²) < 4.78 is 5.50. The Labute approximate surface area is 171 Å². The van der Waals surface area contributed by atoms with Crippen LogP contribution in [0.25, 0.3) is 0 Å². The Hall–Kier alpha value is -2.66. The van der Waals surface area contributed by atoms with Crippen molar-refractivity contribution in [3.63, 3.8) is 0 Å². The maximum Gasteiger partial charge on any atom is 0.323 e. The maximum atomic E-state index is 13.8. The van der Waals surface area contributed by atoms with E-state index in [9.17, 15) is 9.59 Å². The molecule has 0 spiro atoms. The van der Waals surface area contributed by atoms with Gasteiger partial charge in [-0.3, -0.25) is 14.5 Å². The summed E-state index contributed by atoms with van der Waals surface area (Å²) in [4.78, 5) is 31.2. The number of nitrogens with zero attached hydrogens (tertiary/aromatic N) is 2. The highest BCUT2D eigenvalue weighted by molar-refractivity contribution is 6.14. The molecule has 29 heavy (non-hydrogen) atoms. The van der Waals surface area contributed by atoms with Crippen molar-refractivity contribution in [2.24, 2.45) is 5.41 Å². The maximum absolute atomic E-state index is 13.8. The van der Waals surface area contributed by atoms with Crippen LogP contribution in [0.15, 0.2) is 48.5 Å². The van der Waals surface area contributed by atoms with Crippen LogP contribution in [0.2, 0.25) is 0 Å². The molecular formula is C24H26N2O3. The number of para-hydroxylation sites is 1. The van der Waals surface area contributed by atoms with Crippen molar-refractivity contribution in [1.82, 2.24) is 4.90 Å². The zero-order chi connectivity index (χ0) is 20.0. The summed E-state index contributed by atoms with van der Waals surface area (Å²) in [7, 11) is 0. The summed E-state index contributed by atoms with van der Waals surface area (Å²) in [6, 6.07) is 16.5. The fourth-order valence-corrected chi connectivity index (χ4v) is 5.44. The number of aryl methyl sites for hydroxylation is 1. The topological polar surface area (TPSA) is 49.9 Å². The van der Waals surface area contributed by atoms with Crippen LogP contribution in [0, 0.1) is 5.41 Å². The van der Waals surface area contributed by atoms with Gasteiger partial charge in [0.2, 0.25) is 5.91 Å². The van der Waals surface area contributed by atoms with Crippen molar-refractivity contribution in [2.45, 2.75) is 32.2 Å². The van der Waals surface area contributed by atoms with Gasteiger partial charge in [-0.2, -0.15) is 0 Å². The number of hydrogen-bond acceptors (Lipinski definition) is 4. The molecule has 150 valence electrons. The van der Waals surface area contributed by atoms with E-state index in [2.05, 4.69) is 35.2 Å². The second-order valence-electron chi connectivity index (χ2n) is 8.31. The summed E-state index contributed by atoms with van der Waals surface area (Å²) in [5.41, 5.74) is 3.45. The monoisotopic (exact) mass is 390 g/mol. The molecule has 3 aliphatic heterocycles. The molecule has 1 fully saturated rings. The van der Waals surface area contributed by atoms with E-state index in [4.69, 9.17) is 4.74 Å². The Morgan fingerprint density at radius 3 is 2.79 bits per heavy atom. The molecule has 5 rings (SSSR count). The van der Waals surface area contributed by atoms with Gasteiger partial charge in [-0.05, 0) is 36.5 Å². The van der Waals surface area contributed by atoms with Crippen molar-refractivity contribution in [1.29, 1.82) is 0 Å². The Morgan fingerprint density at radius 1 is 1.17 bits per heavy atom. The molecule has 2 aromatic carbocycles. The number of ether oxygens (including phenoxy) is 1. The summed E-state index contributed by atoms with van der Waals surface area (Å²) >= 11 is 0. The first kappa shape index (κ1) is 18.4. The summed E-state index contributed by atoms with van der Waals surface area (Å²) in [6.07, 6.45) is 1.92. The van der Waals surface area contributed by atoms with E-state index in [1.165, 1.54) is 11.1 Å². The highest BCUT2D eigenvalue weighted by Gasteiger charge is 2.63.